The summed E-state index contributed by atoms with van der Waals surface area (Å²) in [4.78, 5) is 16.5. The van der Waals surface area contributed by atoms with Crippen molar-refractivity contribution in [1.29, 1.82) is 0 Å². The molecular weight excluding hydrogens is 270 g/mol. The summed E-state index contributed by atoms with van der Waals surface area (Å²) in [5.41, 5.74) is 2.37. The van der Waals surface area contributed by atoms with Crippen LogP contribution in [-0.2, 0) is 17.6 Å². The maximum absolute atomic E-state index is 12.3. The SMILES string of the molecule is O=C(NCCc1nccs1)C1NCCc2ccccc21. The first kappa shape index (κ1) is 13.3. The molecule has 0 bridgehead atoms. The van der Waals surface area contributed by atoms with E-state index >= 15 is 0 Å². The van der Waals surface area contributed by atoms with Gasteiger partial charge in [-0.25, -0.2) is 4.98 Å². The van der Waals surface area contributed by atoms with Crippen LogP contribution < -0.4 is 10.6 Å². The van der Waals surface area contributed by atoms with Crippen LogP contribution in [0.15, 0.2) is 35.8 Å². The van der Waals surface area contributed by atoms with Crippen LogP contribution in [0, 0.1) is 0 Å². The van der Waals surface area contributed by atoms with Crippen LogP contribution in [0.1, 0.15) is 22.2 Å². The van der Waals surface area contributed by atoms with Gasteiger partial charge in [-0.1, -0.05) is 24.3 Å². The minimum Gasteiger partial charge on any atom is -0.354 e. The lowest BCUT2D eigenvalue weighted by Gasteiger charge is -2.26. The van der Waals surface area contributed by atoms with E-state index in [1.54, 1.807) is 17.5 Å². The van der Waals surface area contributed by atoms with Gasteiger partial charge in [-0.3, -0.25) is 4.79 Å². The third-order valence-corrected chi connectivity index (χ3v) is 4.33. The third-order valence-electron chi connectivity index (χ3n) is 3.49. The number of aromatic nitrogens is 1. The number of nitrogens with one attached hydrogen (secondary N) is 2. The molecule has 1 aromatic heterocycles. The van der Waals surface area contributed by atoms with E-state index in [4.69, 9.17) is 0 Å². The lowest BCUT2D eigenvalue weighted by atomic mass is 9.94. The fourth-order valence-electron chi connectivity index (χ4n) is 2.51. The highest BCUT2D eigenvalue weighted by Crippen LogP contribution is 2.22. The number of nitrogens with zero attached hydrogens (tertiary/aromatic N) is 1. The van der Waals surface area contributed by atoms with Crippen molar-refractivity contribution < 1.29 is 4.79 Å². The van der Waals surface area contributed by atoms with Crippen LogP contribution in [0.25, 0.3) is 0 Å². The maximum atomic E-state index is 12.3. The predicted octanol–water partition coefficient (Wildman–Crippen LogP) is 1.69. The van der Waals surface area contributed by atoms with E-state index in [2.05, 4.69) is 21.7 Å². The van der Waals surface area contributed by atoms with Crippen molar-refractivity contribution in [2.75, 3.05) is 13.1 Å². The zero-order valence-electron chi connectivity index (χ0n) is 11.1. The number of thiazole rings is 1. The fourth-order valence-corrected chi connectivity index (χ4v) is 3.13. The standard InChI is InChI=1S/C15H17N3OS/c19-15(18-8-6-13-16-9-10-20-13)14-12-4-2-1-3-11(12)5-7-17-14/h1-4,9-10,14,17H,5-8H2,(H,18,19). The quantitative estimate of drug-likeness (QED) is 0.900. The van der Waals surface area contributed by atoms with Gasteiger partial charge in [0.15, 0.2) is 0 Å². The Bertz CT molecular complexity index is 583. The van der Waals surface area contributed by atoms with Crippen molar-refractivity contribution in [1.82, 2.24) is 15.6 Å². The number of hydrogen-bond donors (Lipinski definition) is 2. The van der Waals surface area contributed by atoms with Gasteiger partial charge in [0.2, 0.25) is 5.91 Å². The Morgan fingerprint density at radius 2 is 2.35 bits per heavy atom. The molecular formula is C15H17N3OS. The summed E-state index contributed by atoms with van der Waals surface area (Å²) in [5, 5.41) is 9.30. The van der Waals surface area contributed by atoms with Crippen molar-refractivity contribution in [2.24, 2.45) is 0 Å². The van der Waals surface area contributed by atoms with Crippen LogP contribution in [0.4, 0.5) is 0 Å². The second kappa shape index (κ2) is 6.15. The maximum Gasteiger partial charge on any atom is 0.241 e. The van der Waals surface area contributed by atoms with Crippen molar-refractivity contribution in [2.45, 2.75) is 18.9 Å². The summed E-state index contributed by atoms with van der Waals surface area (Å²) >= 11 is 1.62. The molecule has 1 atom stereocenters. The molecule has 0 aliphatic carbocycles. The van der Waals surface area contributed by atoms with Crippen LogP contribution >= 0.6 is 11.3 Å². The average Bonchev–Trinajstić information content (AvgIpc) is 3.00. The molecule has 20 heavy (non-hydrogen) atoms. The largest absolute Gasteiger partial charge is 0.354 e. The minimum atomic E-state index is -0.226. The summed E-state index contributed by atoms with van der Waals surface area (Å²) in [6.45, 7) is 1.48. The van der Waals surface area contributed by atoms with Gasteiger partial charge in [0.25, 0.3) is 0 Å². The van der Waals surface area contributed by atoms with Crippen LogP contribution in [0.5, 0.6) is 0 Å². The molecule has 1 aromatic carbocycles. The topological polar surface area (TPSA) is 54.0 Å². The normalized spacial score (nSPS) is 17.5. The Morgan fingerprint density at radius 3 is 3.20 bits per heavy atom. The number of fused-ring (bicyclic) bond motifs is 1. The third kappa shape index (κ3) is 2.89. The molecule has 2 N–H and O–H groups in total. The van der Waals surface area contributed by atoms with E-state index in [1.165, 1.54) is 5.56 Å². The van der Waals surface area contributed by atoms with Gasteiger partial charge in [-0.2, -0.15) is 0 Å². The molecule has 1 amide bonds. The zero-order chi connectivity index (χ0) is 13.8. The van der Waals surface area contributed by atoms with Gasteiger partial charge in [0.05, 0.1) is 5.01 Å². The highest BCUT2D eigenvalue weighted by atomic mass is 32.1. The summed E-state index contributed by atoms with van der Waals surface area (Å²) < 4.78 is 0. The molecule has 0 saturated carbocycles. The molecule has 1 aliphatic rings. The Labute approximate surface area is 122 Å². The number of hydrogen-bond acceptors (Lipinski definition) is 4. The molecule has 0 saturated heterocycles. The molecule has 1 unspecified atom stereocenters. The molecule has 2 heterocycles. The summed E-state index contributed by atoms with van der Waals surface area (Å²) in [6.07, 6.45) is 3.57. The Morgan fingerprint density at radius 1 is 1.45 bits per heavy atom. The van der Waals surface area contributed by atoms with Gasteiger partial charge in [0, 0.05) is 31.1 Å². The lowest BCUT2D eigenvalue weighted by Crippen LogP contribution is -2.41. The van der Waals surface area contributed by atoms with Gasteiger partial charge < -0.3 is 10.6 Å². The van der Waals surface area contributed by atoms with E-state index in [0.29, 0.717) is 6.54 Å². The number of carbonyl (C=O) groups excluding carboxylic acids is 1. The Balaban J connectivity index is 1.60. The number of carbonyl (C=O) groups is 1. The fraction of sp³-hybridized carbons (Fsp3) is 0.333. The van der Waals surface area contributed by atoms with Gasteiger partial charge in [0.1, 0.15) is 6.04 Å². The lowest BCUT2D eigenvalue weighted by molar-refractivity contribution is -0.123. The molecule has 3 rings (SSSR count). The zero-order valence-corrected chi connectivity index (χ0v) is 12.0. The molecule has 0 radical (unpaired) electrons. The Kier molecular flexibility index (Phi) is 4.08. The minimum absolute atomic E-state index is 0.0497. The molecule has 0 fully saturated rings. The monoisotopic (exact) mass is 287 g/mol. The number of rotatable bonds is 4. The van der Waals surface area contributed by atoms with Gasteiger partial charge in [-0.05, 0) is 17.5 Å². The van der Waals surface area contributed by atoms with E-state index in [-0.39, 0.29) is 11.9 Å². The van der Waals surface area contributed by atoms with Crippen molar-refractivity contribution in [3.8, 4) is 0 Å². The summed E-state index contributed by atoms with van der Waals surface area (Å²) in [5.74, 6) is 0.0497. The Hall–Kier alpha value is -1.72. The van der Waals surface area contributed by atoms with Gasteiger partial charge >= 0.3 is 0 Å². The molecule has 4 nitrogen and oxygen atoms in total. The molecule has 5 heteroatoms. The van der Waals surface area contributed by atoms with Crippen LogP contribution in [-0.4, -0.2) is 24.0 Å². The summed E-state index contributed by atoms with van der Waals surface area (Å²) in [6, 6.07) is 7.93. The summed E-state index contributed by atoms with van der Waals surface area (Å²) in [7, 11) is 0. The van der Waals surface area contributed by atoms with Gasteiger partial charge in [-0.15, -0.1) is 11.3 Å². The molecule has 2 aromatic rings. The van der Waals surface area contributed by atoms with E-state index in [0.717, 1.165) is 30.0 Å². The molecule has 1 aliphatic heterocycles. The van der Waals surface area contributed by atoms with Crippen LogP contribution in [0.3, 0.4) is 0 Å². The van der Waals surface area contributed by atoms with E-state index < -0.39 is 0 Å². The smallest absolute Gasteiger partial charge is 0.241 e. The molecule has 104 valence electrons. The molecule has 0 spiro atoms. The van der Waals surface area contributed by atoms with Crippen molar-refractivity contribution in [3.63, 3.8) is 0 Å². The second-order valence-corrected chi connectivity index (χ2v) is 5.78. The first-order valence-electron chi connectivity index (χ1n) is 6.82. The highest BCUT2D eigenvalue weighted by Gasteiger charge is 2.25. The van der Waals surface area contributed by atoms with Crippen LogP contribution in [0.2, 0.25) is 0 Å². The van der Waals surface area contributed by atoms with Crippen molar-refractivity contribution in [3.05, 3.63) is 52.0 Å². The first-order chi connectivity index (χ1) is 9.84. The second-order valence-electron chi connectivity index (χ2n) is 4.80. The number of benzene rings is 1. The predicted molar refractivity (Wildman–Crippen MR) is 79.7 cm³/mol. The van der Waals surface area contributed by atoms with E-state index in [1.807, 2.05) is 23.6 Å². The van der Waals surface area contributed by atoms with E-state index in [9.17, 15) is 4.79 Å². The average molecular weight is 287 g/mol. The highest BCUT2D eigenvalue weighted by molar-refractivity contribution is 7.09. The van der Waals surface area contributed by atoms with Crippen molar-refractivity contribution >= 4 is 17.2 Å². The first-order valence-corrected chi connectivity index (χ1v) is 7.70. The number of amides is 1.